The fraction of sp³-hybridized carbons (Fsp3) is 0.500. The van der Waals surface area contributed by atoms with E-state index in [4.69, 9.17) is 4.98 Å². The van der Waals surface area contributed by atoms with Crippen molar-refractivity contribution in [3.05, 3.63) is 42.1 Å². The van der Waals surface area contributed by atoms with Crippen LogP contribution in [0.25, 0.3) is 10.9 Å². The normalized spacial score (nSPS) is 23.5. The summed E-state index contributed by atoms with van der Waals surface area (Å²) in [6.45, 7) is 7.71. The second kappa shape index (κ2) is 6.54. The van der Waals surface area contributed by atoms with E-state index in [1.165, 1.54) is 23.9 Å². The summed E-state index contributed by atoms with van der Waals surface area (Å²) >= 11 is 0. The van der Waals surface area contributed by atoms with Crippen molar-refractivity contribution in [2.45, 2.75) is 45.3 Å². The van der Waals surface area contributed by atoms with Crippen molar-refractivity contribution in [3.8, 4) is 0 Å². The minimum Gasteiger partial charge on any atom is -0.311 e. The van der Waals surface area contributed by atoms with Gasteiger partial charge in [-0.1, -0.05) is 37.6 Å². The van der Waals surface area contributed by atoms with Crippen LogP contribution >= 0.6 is 0 Å². The lowest BCUT2D eigenvalue weighted by Crippen LogP contribution is -2.54. The predicted octanol–water partition coefficient (Wildman–Crippen LogP) is 3.20. The maximum atomic E-state index is 4.83. The van der Waals surface area contributed by atoms with Crippen LogP contribution in [-0.2, 0) is 6.54 Å². The van der Waals surface area contributed by atoms with Gasteiger partial charge in [0, 0.05) is 37.1 Å². The van der Waals surface area contributed by atoms with Crippen molar-refractivity contribution in [1.82, 2.24) is 15.2 Å². The van der Waals surface area contributed by atoms with Crippen LogP contribution in [0.1, 0.15) is 32.4 Å². The van der Waals surface area contributed by atoms with Crippen molar-refractivity contribution in [2.75, 3.05) is 13.1 Å². The number of nitrogens with zero attached hydrogens (tertiary/aromatic N) is 2. The molecule has 3 rings (SSSR count). The van der Waals surface area contributed by atoms with Gasteiger partial charge in [-0.05, 0) is 25.5 Å². The maximum absolute atomic E-state index is 4.83. The molecule has 2 unspecified atom stereocenters. The molecule has 0 saturated carbocycles. The van der Waals surface area contributed by atoms with Crippen LogP contribution in [0.2, 0.25) is 0 Å². The van der Waals surface area contributed by atoms with E-state index >= 15 is 0 Å². The number of pyridine rings is 1. The smallest absolute Gasteiger partial charge is 0.0705 e. The number of rotatable bonds is 4. The summed E-state index contributed by atoms with van der Waals surface area (Å²) < 4.78 is 0. The minimum atomic E-state index is 0.568. The van der Waals surface area contributed by atoms with Gasteiger partial charge in [-0.25, -0.2) is 0 Å². The molecule has 0 amide bonds. The Morgan fingerprint density at radius 2 is 2.10 bits per heavy atom. The van der Waals surface area contributed by atoms with Gasteiger partial charge < -0.3 is 5.32 Å². The Balaban J connectivity index is 1.78. The van der Waals surface area contributed by atoms with Gasteiger partial charge in [-0.2, -0.15) is 0 Å². The molecule has 1 aromatic carbocycles. The third-order valence-corrected chi connectivity index (χ3v) is 4.37. The molecule has 0 bridgehead atoms. The summed E-state index contributed by atoms with van der Waals surface area (Å²) in [5.41, 5.74) is 2.29. The predicted molar refractivity (Wildman–Crippen MR) is 88.3 cm³/mol. The van der Waals surface area contributed by atoms with Crippen molar-refractivity contribution in [1.29, 1.82) is 0 Å². The van der Waals surface area contributed by atoms with E-state index in [-0.39, 0.29) is 0 Å². The van der Waals surface area contributed by atoms with Crippen LogP contribution in [0.4, 0.5) is 0 Å². The zero-order valence-electron chi connectivity index (χ0n) is 13.0. The molecule has 3 heteroatoms. The first-order chi connectivity index (χ1) is 10.3. The minimum absolute atomic E-state index is 0.568. The molecule has 1 N–H and O–H groups in total. The monoisotopic (exact) mass is 283 g/mol. The zero-order valence-corrected chi connectivity index (χ0v) is 13.0. The molecule has 1 aliphatic heterocycles. The number of hydrogen-bond acceptors (Lipinski definition) is 3. The van der Waals surface area contributed by atoms with E-state index in [1.54, 1.807) is 0 Å². The number of benzene rings is 1. The van der Waals surface area contributed by atoms with Gasteiger partial charge in [0.05, 0.1) is 11.2 Å². The highest BCUT2D eigenvalue weighted by molar-refractivity contribution is 5.78. The molecule has 2 heterocycles. The third-order valence-electron chi connectivity index (χ3n) is 4.37. The van der Waals surface area contributed by atoms with Crippen molar-refractivity contribution in [3.63, 3.8) is 0 Å². The van der Waals surface area contributed by atoms with Gasteiger partial charge in [0.25, 0.3) is 0 Å². The van der Waals surface area contributed by atoms with Crippen molar-refractivity contribution in [2.24, 2.45) is 0 Å². The lowest BCUT2D eigenvalue weighted by molar-refractivity contribution is 0.119. The van der Waals surface area contributed by atoms with Crippen LogP contribution in [0, 0.1) is 0 Å². The Labute approximate surface area is 127 Å². The number of aromatic nitrogens is 1. The van der Waals surface area contributed by atoms with Crippen molar-refractivity contribution < 1.29 is 0 Å². The lowest BCUT2D eigenvalue weighted by atomic mass is 10.0. The van der Waals surface area contributed by atoms with Crippen LogP contribution in [0.15, 0.2) is 36.4 Å². The molecule has 0 spiro atoms. The topological polar surface area (TPSA) is 28.2 Å². The fourth-order valence-corrected chi connectivity index (χ4v) is 3.25. The highest BCUT2D eigenvalue weighted by atomic mass is 15.2. The number of hydrogen-bond donors (Lipinski definition) is 1. The molecule has 1 aromatic heterocycles. The number of fused-ring (bicyclic) bond motifs is 1. The summed E-state index contributed by atoms with van der Waals surface area (Å²) in [6.07, 6.45) is 2.50. The molecule has 112 valence electrons. The van der Waals surface area contributed by atoms with Gasteiger partial charge in [0.1, 0.15) is 0 Å². The van der Waals surface area contributed by atoms with E-state index in [9.17, 15) is 0 Å². The van der Waals surface area contributed by atoms with Crippen LogP contribution in [-0.4, -0.2) is 35.1 Å². The summed E-state index contributed by atoms with van der Waals surface area (Å²) in [6, 6.07) is 13.9. The maximum Gasteiger partial charge on any atom is 0.0705 e. The highest BCUT2D eigenvalue weighted by Crippen LogP contribution is 2.17. The second-order valence-electron chi connectivity index (χ2n) is 6.18. The Bertz CT molecular complexity index is 596. The molecule has 2 atom stereocenters. The van der Waals surface area contributed by atoms with E-state index in [1.807, 2.05) is 0 Å². The molecular formula is C18H25N3. The van der Waals surface area contributed by atoms with E-state index in [0.29, 0.717) is 12.1 Å². The largest absolute Gasteiger partial charge is 0.311 e. The first kappa shape index (κ1) is 14.5. The molecule has 0 aliphatic carbocycles. The number of piperazine rings is 1. The average Bonchev–Trinajstić information content (AvgIpc) is 2.50. The van der Waals surface area contributed by atoms with Gasteiger partial charge in [-0.3, -0.25) is 9.88 Å². The van der Waals surface area contributed by atoms with Gasteiger partial charge in [0.15, 0.2) is 0 Å². The second-order valence-corrected chi connectivity index (χ2v) is 6.18. The molecule has 2 aromatic rings. The molecule has 1 fully saturated rings. The summed E-state index contributed by atoms with van der Waals surface area (Å²) in [7, 11) is 0. The van der Waals surface area contributed by atoms with Gasteiger partial charge in [-0.15, -0.1) is 0 Å². The Hall–Kier alpha value is -1.45. The SMILES string of the molecule is CCCC1CNC(C)CN1Cc1ccc2ccccc2n1. The Morgan fingerprint density at radius 3 is 2.95 bits per heavy atom. The molecule has 21 heavy (non-hydrogen) atoms. The fourth-order valence-electron chi connectivity index (χ4n) is 3.25. The van der Waals surface area contributed by atoms with Crippen molar-refractivity contribution >= 4 is 10.9 Å². The highest BCUT2D eigenvalue weighted by Gasteiger charge is 2.25. The van der Waals surface area contributed by atoms with E-state index < -0.39 is 0 Å². The summed E-state index contributed by atoms with van der Waals surface area (Å²) in [5, 5.41) is 4.82. The first-order valence-electron chi connectivity index (χ1n) is 8.08. The Morgan fingerprint density at radius 1 is 1.24 bits per heavy atom. The van der Waals surface area contributed by atoms with Gasteiger partial charge in [0.2, 0.25) is 0 Å². The molecule has 0 radical (unpaired) electrons. The van der Waals surface area contributed by atoms with Gasteiger partial charge >= 0.3 is 0 Å². The van der Waals surface area contributed by atoms with E-state index in [0.717, 1.165) is 25.2 Å². The molecular weight excluding hydrogens is 258 g/mol. The van der Waals surface area contributed by atoms with Crippen LogP contribution in [0.3, 0.4) is 0 Å². The molecule has 1 aliphatic rings. The average molecular weight is 283 g/mol. The quantitative estimate of drug-likeness (QED) is 0.934. The third kappa shape index (κ3) is 3.42. The molecule has 3 nitrogen and oxygen atoms in total. The van der Waals surface area contributed by atoms with Crippen LogP contribution < -0.4 is 5.32 Å². The summed E-state index contributed by atoms with van der Waals surface area (Å²) in [5.74, 6) is 0. The number of nitrogens with one attached hydrogen (secondary N) is 1. The first-order valence-corrected chi connectivity index (χ1v) is 8.08. The standard InChI is InChI=1S/C18H25N3/c1-3-6-17-11-19-14(2)12-21(17)13-16-10-9-15-7-4-5-8-18(15)20-16/h4-5,7-10,14,17,19H,3,6,11-13H2,1-2H3. The Kier molecular flexibility index (Phi) is 4.51. The summed E-state index contributed by atoms with van der Waals surface area (Å²) in [4.78, 5) is 7.43. The van der Waals surface area contributed by atoms with Crippen LogP contribution in [0.5, 0.6) is 0 Å². The zero-order chi connectivity index (χ0) is 14.7. The lowest BCUT2D eigenvalue weighted by Gasteiger charge is -2.39. The number of para-hydroxylation sites is 1. The van der Waals surface area contributed by atoms with E-state index in [2.05, 4.69) is 60.5 Å². The molecule has 1 saturated heterocycles.